The molecule has 5 rings (SSSR count). The molecule has 1 aromatic carbocycles. The lowest BCUT2D eigenvalue weighted by molar-refractivity contribution is 0.212. The van der Waals surface area contributed by atoms with Crippen LogP contribution in [-0.4, -0.2) is 76.4 Å². The van der Waals surface area contributed by atoms with Crippen molar-refractivity contribution < 1.29 is 14.6 Å². The van der Waals surface area contributed by atoms with Gasteiger partial charge in [0.2, 0.25) is 5.95 Å². The van der Waals surface area contributed by atoms with Gasteiger partial charge in [-0.3, -0.25) is 9.97 Å². The molecule has 1 aliphatic rings. The molecule has 234 valence electrons. The van der Waals surface area contributed by atoms with E-state index in [1.54, 1.807) is 14.2 Å². The highest BCUT2D eigenvalue weighted by molar-refractivity contribution is 5.89. The van der Waals surface area contributed by atoms with E-state index in [4.69, 9.17) is 29.4 Å². The number of anilines is 2. The number of aromatic nitrogens is 4. The van der Waals surface area contributed by atoms with Crippen LogP contribution in [-0.2, 0) is 6.54 Å². The number of benzene rings is 1. The highest BCUT2D eigenvalue weighted by Gasteiger charge is 2.25. The van der Waals surface area contributed by atoms with Crippen LogP contribution >= 0.6 is 0 Å². The quantitative estimate of drug-likeness (QED) is 0.172. The van der Waals surface area contributed by atoms with Crippen molar-refractivity contribution in [1.29, 1.82) is 0 Å². The molecule has 10 nitrogen and oxygen atoms in total. The van der Waals surface area contributed by atoms with Gasteiger partial charge in [0.1, 0.15) is 17.0 Å². The van der Waals surface area contributed by atoms with Crippen molar-refractivity contribution in [2.75, 3.05) is 51.6 Å². The number of pyridine rings is 2. The molecule has 3 N–H and O–H groups in total. The van der Waals surface area contributed by atoms with Gasteiger partial charge in [0, 0.05) is 53.3 Å². The number of hydrogen-bond acceptors (Lipinski definition) is 10. The molecule has 0 saturated carbocycles. The minimum Gasteiger partial charge on any atom is -0.497 e. The minimum absolute atomic E-state index is 0.0301. The number of aliphatic hydroxyl groups excluding tert-OH is 1. The molecular weight excluding hydrogens is 554 g/mol. The third-order valence-corrected chi connectivity index (χ3v) is 8.57. The van der Waals surface area contributed by atoms with Crippen LogP contribution in [0.5, 0.6) is 11.5 Å². The Hall–Kier alpha value is -4.02. The molecule has 4 aromatic rings. The van der Waals surface area contributed by atoms with Crippen molar-refractivity contribution in [2.45, 2.75) is 64.0 Å². The summed E-state index contributed by atoms with van der Waals surface area (Å²) < 4.78 is 10.9. The van der Waals surface area contributed by atoms with Crippen molar-refractivity contribution in [3.05, 3.63) is 60.0 Å². The fourth-order valence-corrected chi connectivity index (χ4v) is 5.67. The molecule has 1 aliphatic heterocycles. The number of methoxy groups -OCH3 is 2. The first-order chi connectivity index (χ1) is 21.3. The Balaban J connectivity index is 1.46. The molecule has 1 fully saturated rings. The predicted octanol–water partition coefficient (Wildman–Crippen LogP) is 5.88. The first-order valence-electron chi connectivity index (χ1n) is 15.5. The van der Waals surface area contributed by atoms with E-state index in [-0.39, 0.29) is 6.61 Å². The first kappa shape index (κ1) is 31.4. The lowest BCUT2D eigenvalue weighted by Crippen LogP contribution is -2.39. The maximum atomic E-state index is 10.3. The summed E-state index contributed by atoms with van der Waals surface area (Å²) in [6.07, 6.45) is 8.87. The summed E-state index contributed by atoms with van der Waals surface area (Å²) >= 11 is 0. The number of piperidine rings is 1. The molecule has 44 heavy (non-hydrogen) atoms. The molecule has 0 unspecified atom stereocenters. The summed E-state index contributed by atoms with van der Waals surface area (Å²) in [5, 5.41) is 17.2. The van der Waals surface area contributed by atoms with E-state index in [1.807, 2.05) is 43.6 Å². The summed E-state index contributed by atoms with van der Waals surface area (Å²) in [4.78, 5) is 21.7. The van der Waals surface area contributed by atoms with Gasteiger partial charge in [0.15, 0.2) is 5.82 Å². The third-order valence-electron chi connectivity index (χ3n) is 8.57. The molecule has 0 bridgehead atoms. The fraction of sp³-hybridized carbons (Fsp3) is 0.471. The van der Waals surface area contributed by atoms with Crippen molar-refractivity contribution in [2.24, 2.45) is 0 Å². The molecular formula is C34H45N7O3. The second kappa shape index (κ2) is 14.2. The standard InChI is InChI=1S/C34H45N7O3/c1-6-7-14-34(2,22-42)40-32-31-29(38-33(39-32)37-20-25-8-10-27(43-4)18-30(25)44-5)17-26(21-36-31)24-9-11-28(35-19-24)23-12-15-41(3)16-13-23/h8-11,17-19,21,23,42H,6-7,12-16,20,22H2,1-5H3,(H2,37,38,39,40)/t34-/m1/s1. The van der Waals surface area contributed by atoms with E-state index < -0.39 is 5.54 Å². The minimum atomic E-state index is -0.554. The topological polar surface area (TPSA) is 118 Å². The summed E-state index contributed by atoms with van der Waals surface area (Å²) in [5.41, 5.74) is 4.81. The van der Waals surface area contributed by atoms with Gasteiger partial charge in [-0.05, 0) is 70.6 Å². The number of nitrogens with zero attached hydrogens (tertiary/aromatic N) is 5. The van der Waals surface area contributed by atoms with Gasteiger partial charge in [-0.1, -0.05) is 25.8 Å². The number of hydrogen-bond donors (Lipinski definition) is 3. The number of unbranched alkanes of at least 4 members (excludes halogenated alkanes) is 1. The summed E-state index contributed by atoms with van der Waals surface area (Å²) in [5.74, 6) is 2.96. The summed E-state index contributed by atoms with van der Waals surface area (Å²) in [6, 6.07) is 12.0. The normalized spacial score (nSPS) is 15.6. The van der Waals surface area contributed by atoms with Crippen LogP contribution in [0.4, 0.5) is 11.8 Å². The maximum Gasteiger partial charge on any atom is 0.225 e. The number of likely N-dealkylation sites (tertiary alicyclic amines) is 1. The smallest absolute Gasteiger partial charge is 0.225 e. The highest BCUT2D eigenvalue weighted by atomic mass is 16.5. The van der Waals surface area contributed by atoms with Crippen LogP contribution in [0.2, 0.25) is 0 Å². The van der Waals surface area contributed by atoms with Gasteiger partial charge in [-0.25, -0.2) is 4.98 Å². The second-order valence-corrected chi connectivity index (χ2v) is 12.0. The van der Waals surface area contributed by atoms with Gasteiger partial charge in [-0.2, -0.15) is 4.98 Å². The largest absolute Gasteiger partial charge is 0.497 e. The number of fused-ring (bicyclic) bond motifs is 1. The molecule has 1 saturated heterocycles. The Morgan fingerprint density at radius 1 is 1.00 bits per heavy atom. The Kier molecular flexibility index (Phi) is 10.1. The van der Waals surface area contributed by atoms with E-state index in [9.17, 15) is 5.11 Å². The average molecular weight is 600 g/mol. The number of aliphatic hydroxyl groups is 1. The molecule has 0 amide bonds. The Labute approximate surface area is 260 Å². The van der Waals surface area contributed by atoms with Crippen molar-refractivity contribution in [3.63, 3.8) is 0 Å². The average Bonchev–Trinajstić information content (AvgIpc) is 3.06. The molecule has 3 aromatic heterocycles. The van der Waals surface area contributed by atoms with E-state index in [2.05, 4.69) is 41.6 Å². The van der Waals surface area contributed by atoms with Crippen LogP contribution in [0.15, 0.2) is 48.8 Å². The highest BCUT2D eigenvalue weighted by Crippen LogP contribution is 2.31. The molecule has 0 radical (unpaired) electrons. The SMILES string of the molecule is CCCC[C@](C)(CO)Nc1nc(NCc2ccc(OC)cc2OC)nc2cc(-c3ccc(C4CCN(C)CC4)nc3)cnc12. The molecule has 0 spiro atoms. The van der Waals surface area contributed by atoms with E-state index in [0.717, 1.165) is 73.3 Å². The molecule has 4 heterocycles. The van der Waals surface area contributed by atoms with Crippen LogP contribution in [0, 0.1) is 0 Å². The Morgan fingerprint density at radius 3 is 2.48 bits per heavy atom. The van der Waals surface area contributed by atoms with Crippen LogP contribution in [0.1, 0.15) is 63.1 Å². The van der Waals surface area contributed by atoms with E-state index in [1.165, 1.54) is 0 Å². The zero-order valence-corrected chi connectivity index (χ0v) is 26.6. The Bertz CT molecular complexity index is 1540. The maximum absolute atomic E-state index is 10.3. The summed E-state index contributed by atoms with van der Waals surface area (Å²) in [7, 11) is 5.45. The number of nitrogens with one attached hydrogen (secondary N) is 2. The van der Waals surface area contributed by atoms with E-state index >= 15 is 0 Å². The third kappa shape index (κ3) is 7.36. The second-order valence-electron chi connectivity index (χ2n) is 12.0. The molecule has 0 aliphatic carbocycles. The van der Waals surface area contributed by atoms with Crippen molar-refractivity contribution in [3.8, 4) is 22.6 Å². The lowest BCUT2D eigenvalue weighted by Gasteiger charge is -2.29. The van der Waals surface area contributed by atoms with Crippen molar-refractivity contribution >= 4 is 22.8 Å². The zero-order valence-electron chi connectivity index (χ0n) is 26.6. The summed E-state index contributed by atoms with van der Waals surface area (Å²) in [6.45, 7) is 6.78. The predicted molar refractivity (Wildman–Crippen MR) is 176 cm³/mol. The van der Waals surface area contributed by atoms with Crippen LogP contribution in [0.25, 0.3) is 22.2 Å². The molecule has 10 heteroatoms. The van der Waals surface area contributed by atoms with E-state index in [0.29, 0.717) is 41.0 Å². The number of rotatable bonds is 13. The van der Waals surface area contributed by atoms with Gasteiger partial charge in [-0.15, -0.1) is 0 Å². The zero-order chi connectivity index (χ0) is 31.1. The van der Waals surface area contributed by atoms with Gasteiger partial charge in [0.05, 0.1) is 31.9 Å². The lowest BCUT2D eigenvalue weighted by atomic mass is 9.93. The first-order valence-corrected chi connectivity index (χ1v) is 15.5. The van der Waals surface area contributed by atoms with Crippen LogP contribution in [0.3, 0.4) is 0 Å². The molecule has 1 atom stereocenters. The Morgan fingerprint density at radius 2 is 1.80 bits per heavy atom. The van der Waals surface area contributed by atoms with Crippen LogP contribution < -0.4 is 20.1 Å². The van der Waals surface area contributed by atoms with Gasteiger partial charge < -0.3 is 30.1 Å². The monoisotopic (exact) mass is 599 g/mol. The van der Waals surface area contributed by atoms with Gasteiger partial charge >= 0.3 is 0 Å². The van der Waals surface area contributed by atoms with Gasteiger partial charge in [0.25, 0.3) is 0 Å². The fourth-order valence-electron chi connectivity index (χ4n) is 5.67. The van der Waals surface area contributed by atoms with Crippen molar-refractivity contribution in [1.82, 2.24) is 24.8 Å². The number of ether oxygens (including phenoxy) is 2.